The molecule has 2 N–H and O–H groups in total. The first-order chi connectivity index (χ1) is 14.8. The van der Waals surface area contributed by atoms with Crippen molar-refractivity contribution in [3.05, 3.63) is 69.5 Å². The normalized spacial score (nSPS) is 10.8. The maximum atomic E-state index is 12.5. The summed E-state index contributed by atoms with van der Waals surface area (Å²) in [6, 6.07) is 11.7. The fourth-order valence-corrected chi connectivity index (χ4v) is 4.03. The van der Waals surface area contributed by atoms with Crippen LogP contribution in [0.1, 0.15) is 21.7 Å². The van der Waals surface area contributed by atoms with Gasteiger partial charge in [-0.3, -0.25) is 20.2 Å². The molecule has 0 aliphatic rings. The highest BCUT2D eigenvalue weighted by Gasteiger charge is 2.18. The number of hydrogen-bond donors (Lipinski definition) is 2. The summed E-state index contributed by atoms with van der Waals surface area (Å²) in [4.78, 5) is 23.7. The number of amides is 1. The molecule has 31 heavy (non-hydrogen) atoms. The maximum Gasteiger partial charge on any atom is 0.273 e. The number of nitrogens with zero attached hydrogens (tertiary/aromatic N) is 5. The molecule has 0 fully saturated rings. The Morgan fingerprint density at radius 3 is 2.58 bits per heavy atom. The van der Waals surface area contributed by atoms with Crippen LogP contribution in [-0.4, -0.2) is 35.8 Å². The van der Waals surface area contributed by atoms with Crippen LogP contribution in [-0.2, 0) is 0 Å². The molecule has 156 valence electrons. The fraction of sp³-hybridized carbons (Fsp3) is 0.105. The van der Waals surface area contributed by atoms with Gasteiger partial charge in [-0.05, 0) is 56.4 Å². The van der Waals surface area contributed by atoms with Gasteiger partial charge in [-0.15, -0.1) is 10.2 Å². The van der Waals surface area contributed by atoms with Crippen LogP contribution in [0.2, 0.25) is 0 Å². The lowest BCUT2D eigenvalue weighted by Gasteiger charge is -2.11. The molecule has 10 nitrogen and oxygen atoms in total. The molecule has 0 aliphatic heterocycles. The number of benzene rings is 2. The van der Waals surface area contributed by atoms with Crippen LogP contribution in [0.25, 0.3) is 15.5 Å². The van der Waals surface area contributed by atoms with Gasteiger partial charge in [-0.1, -0.05) is 17.4 Å². The van der Waals surface area contributed by atoms with E-state index < -0.39 is 10.8 Å². The van der Waals surface area contributed by atoms with Crippen molar-refractivity contribution in [1.82, 2.24) is 25.1 Å². The molecule has 0 aliphatic carbocycles. The molecule has 2 heterocycles. The largest absolute Gasteiger partial charge is 0.332 e. The molecule has 0 radical (unpaired) electrons. The minimum atomic E-state index is -0.526. The minimum absolute atomic E-state index is 0.0815. The molecule has 0 saturated heterocycles. The summed E-state index contributed by atoms with van der Waals surface area (Å²) in [6.07, 6.45) is 0. The van der Waals surface area contributed by atoms with E-state index in [1.54, 1.807) is 4.52 Å². The van der Waals surface area contributed by atoms with Gasteiger partial charge >= 0.3 is 0 Å². The Balaban J connectivity index is 1.43. The average molecular weight is 454 g/mol. The number of aromatic nitrogens is 4. The van der Waals surface area contributed by atoms with Gasteiger partial charge in [-0.2, -0.15) is 9.61 Å². The molecule has 4 rings (SSSR count). The zero-order valence-electron chi connectivity index (χ0n) is 16.3. The highest BCUT2D eigenvalue weighted by molar-refractivity contribution is 7.80. The molecule has 12 heteroatoms. The second-order valence-corrected chi connectivity index (χ2v) is 7.91. The summed E-state index contributed by atoms with van der Waals surface area (Å²) in [5.74, 6) is 0.196. The van der Waals surface area contributed by atoms with Gasteiger partial charge in [0.15, 0.2) is 10.9 Å². The molecular formula is C19H15N7O3S2. The van der Waals surface area contributed by atoms with Gasteiger partial charge < -0.3 is 5.32 Å². The summed E-state index contributed by atoms with van der Waals surface area (Å²) >= 11 is 6.64. The first-order valence-electron chi connectivity index (χ1n) is 8.99. The van der Waals surface area contributed by atoms with E-state index in [4.69, 9.17) is 12.2 Å². The number of fused-ring (bicyclic) bond motifs is 1. The number of nitrogens with one attached hydrogen (secondary N) is 2. The van der Waals surface area contributed by atoms with E-state index in [0.29, 0.717) is 5.69 Å². The second-order valence-electron chi connectivity index (χ2n) is 6.54. The van der Waals surface area contributed by atoms with Gasteiger partial charge in [0.1, 0.15) is 5.01 Å². The minimum Gasteiger partial charge on any atom is -0.332 e. The number of nitro groups is 1. The Morgan fingerprint density at radius 1 is 1.16 bits per heavy atom. The Bertz CT molecular complexity index is 1330. The SMILES string of the molecule is Cc1c(C(=O)NC(=S)Nc2ccc(-c3nn4c(C)nnc4s3)cc2)cccc1[N+](=O)[O-]. The van der Waals surface area contributed by atoms with Crippen molar-refractivity contribution in [2.24, 2.45) is 0 Å². The molecular weight excluding hydrogens is 438 g/mol. The highest BCUT2D eigenvalue weighted by atomic mass is 32.1. The summed E-state index contributed by atoms with van der Waals surface area (Å²) in [7, 11) is 0. The molecule has 1 amide bonds. The molecule has 0 unspecified atom stereocenters. The van der Waals surface area contributed by atoms with Crippen molar-refractivity contribution in [1.29, 1.82) is 0 Å². The topological polar surface area (TPSA) is 127 Å². The molecule has 2 aromatic carbocycles. The standard InChI is InChI=1S/C19H15N7O3S2/c1-10-14(4-3-5-15(10)26(28)29)16(27)21-18(30)20-13-8-6-12(7-9-13)17-24-25-11(2)22-23-19(25)31-17/h3-9H,1-2H3,(H2,20,21,27,30). The van der Waals surface area contributed by atoms with Gasteiger partial charge in [0, 0.05) is 28.4 Å². The molecule has 0 saturated carbocycles. The number of anilines is 1. The van der Waals surface area contributed by atoms with Crippen LogP contribution in [0.3, 0.4) is 0 Å². The maximum absolute atomic E-state index is 12.5. The van der Waals surface area contributed by atoms with Gasteiger partial charge in [0.05, 0.1) is 4.92 Å². The number of aryl methyl sites for hydroxylation is 1. The van der Waals surface area contributed by atoms with Crippen molar-refractivity contribution in [3.8, 4) is 10.6 Å². The average Bonchev–Trinajstić information content (AvgIpc) is 3.30. The van der Waals surface area contributed by atoms with E-state index in [0.717, 1.165) is 21.4 Å². The Morgan fingerprint density at radius 2 is 1.90 bits per heavy atom. The number of thiocarbonyl (C=S) groups is 1. The third-order valence-electron chi connectivity index (χ3n) is 4.51. The third-order valence-corrected chi connectivity index (χ3v) is 5.66. The summed E-state index contributed by atoms with van der Waals surface area (Å²) < 4.78 is 1.69. The fourth-order valence-electron chi connectivity index (χ4n) is 2.93. The Labute approximate surface area is 185 Å². The Kier molecular flexibility index (Phi) is 5.40. The van der Waals surface area contributed by atoms with Crippen LogP contribution < -0.4 is 10.6 Å². The monoisotopic (exact) mass is 453 g/mol. The van der Waals surface area contributed by atoms with Crippen LogP contribution in [0.4, 0.5) is 11.4 Å². The van der Waals surface area contributed by atoms with Crippen LogP contribution >= 0.6 is 23.6 Å². The van der Waals surface area contributed by atoms with Crippen LogP contribution in [0.15, 0.2) is 42.5 Å². The number of nitro benzene ring substituents is 1. The van der Waals surface area contributed by atoms with E-state index in [1.165, 1.54) is 36.5 Å². The first-order valence-corrected chi connectivity index (χ1v) is 10.2. The zero-order chi connectivity index (χ0) is 22.1. The van der Waals surface area contributed by atoms with Crippen molar-refractivity contribution >= 4 is 50.9 Å². The van der Waals surface area contributed by atoms with Gasteiger partial charge in [0.2, 0.25) is 4.96 Å². The van der Waals surface area contributed by atoms with Crippen molar-refractivity contribution in [2.75, 3.05) is 5.32 Å². The van der Waals surface area contributed by atoms with Crippen molar-refractivity contribution < 1.29 is 9.72 Å². The number of hydrogen-bond acceptors (Lipinski definition) is 8. The second kappa shape index (κ2) is 8.16. The molecule has 0 spiro atoms. The number of carbonyl (C=O) groups excluding carboxylic acids is 1. The highest BCUT2D eigenvalue weighted by Crippen LogP contribution is 2.26. The predicted molar refractivity (Wildman–Crippen MR) is 120 cm³/mol. The van der Waals surface area contributed by atoms with E-state index >= 15 is 0 Å². The zero-order valence-corrected chi connectivity index (χ0v) is 18.0. The smallest absolute Gasteiger partial charge is 0.273 e. The summed E-state index contributed by atoms with van der Waals surface area (Å²) in [5.41, 5.74) is 1.92. The van der Waals surface area contributed by atoms with Crippen molar-refractivity contribution in [3.63, 3.8) is 0 Å². The molecule has 0 atom stereocenters. The van der Waals surface area contributed by atoms with E-state index in [9.17, 15) is 14.9 Å². The van der Waals surface area contributed by atoms with Gasteiger partial charge in [0.25, 0.3) is 11.6 Å². The lowest BCUT2D eigenvalue weighted by atomic mass is 10.1. The van der Waals surface area contributed by atoms with E-state index in [1.807, 2.05) is 31.2 Å². The number of rotatable bonds is 4. The predicted octanol–water partition coefficient (Wildman–Crippen LogP) is 3.50. The van der Waals surface area contributed by atoms with Crippen LogP contribution in [0, 0.1) is 24.0 Å². The summed E-state index contributed by atoms with van der Waals surface area (Å²) in [6.45, 7) is 3.36. The molecule has 2 aromatic heterocycles. The Hall–Kier alpha value is -3.77. The van der Waals surface area contributed by atoms with Crippen molar-refractivity contribution in [2.45, 2.75) is 13.8 Å². The van der Waals surface area contributed by atoms with Gasteiger partial charge in [-0.25, -0.2) is 0 Å². The number of carbonyl (C=O) groups is 1. The first kappa shape index (κ1) is 20.5. The molecule has 4 aromatic rings. The molecule has 0 bridgehead atoms. The lowest BCUT2D eigenvalue weighted by molar-refractivity contribution is -0.385. The summed E-state index contributed by atoms with van der Waals surface area (Å²) in [5, 5.41) is 29.9. The third kappa shape index (κ3) is 4.11. The van der Waals surface area contributed by atoms with E-state index in [2.05, 4.69) is 25.9 Å². The quantitative estimate of drug-likeness (QED) is 0.273. The van der Waals surface area contributed by atoms with E-state index in [-0.39, 0.29) is 21.9 Å². The lowest BCUT2D eigenvalue weighted by Crippen LogP contribution is -2.34. The van der Waals surface area contributed by atoms with Crippen LogP contribution in [0.5, 0.6) is 0 Å².